The summed E-state index contributed by atoms with van der Waals surface area (Å²) in [6.45, 7) is 10.5. The van der Waals surface area contributed by atoms with E-state index in [0.29, 0.717) is 40.6 Å². The average molecular weight is 697 g/mol. The van der Waals surface area contributed by atoms with Crippen LogP contribution in [-0.2, 0) is 12.0 Å². The second kappa shape index (κ2) is 13.6. The number of carbonyl (C=O) groups is 1. The van der Waals surface area contributed by atoms with Crippen LogP contribution in [0.15, 0.2) is 66.9 Å². The predicted octanol–water partition coefficient (Wildman–Crippen LogP) is 7.90. The quantitative estimate of drug-likeness (QED) is 0.158. The Labute approximate surface area is 297 Å². The Hall–Kier alpha value is -4.61. The molecular formula is C38H45ClN8O3. The second-order valence-electron chi connectivity index (χ2n) is 14.6. The summed E-state index contributed by atoms with van der Waals surface area (Å²) in [5.74, 6) is 2.11. The van der Waals surface area contributed by atoms with Crippen LogP contribution >= 0.6 is 11.6 Å². The lowest BCUT2D eigenvalue weighted by atomic mass is 9.85. The van der Waals surface area contributed by atoms with Crippen molar-refractivity contribution in [3.05, 3.63) is 94.3 Å². The monoisotopic (exact) mass is 696 g/mol. The minimum absolute atomic E-state index is 0.182. The molecule has 2 amide bonds. The van der Waals surface area contributed by atoms with E-state index in [1.165, 1.54) is 6.42 Å². The van der Waals surface area contributed by atoms with Gasteiger partial charge in [-0.05, 0) is 93.0 Å². The third-order valence-corrected chi connectivity index (χ3v) is 10.3. The van der Waals surface area contributed by atoms with Crippen molar-refractivity contribution < 1.29 is 14.6 Å². The number of amides is 2. The molecule has 0 spiro atoms. The van der Waals surface area contributed by atoms with Crippen molar-refractivity contribution >= 4 is 35.0 Å². The molecule has 1 fully saturated rings. The number of nitrogens with one attached hydrogen (secondary N) is 2. The Morgan fingerprint density at radius 1 is 0.980 bits per heavy atom. The number of pyridine rings is 1. The second-order valence-corrected chi connectivity index (χ2v) is 15.0. The molecule has 11 nitrogen and oxygen atoms in total. The third kappa shape index (κ3) is 6.64. The number of carbonyl (C=O) groups excluding carboxylic acids is 1. The topological polar surface area (TPSA) is 122 Å². The van der Waals surface area contributed by atoms with Crippen LogP contribution < -0.4 is 20.3 Å². The lowest BCUT2D eigenvalue weighted by molar-refractivity contribution is 0.171. The minimum atomic E-state index is -0.339. The molecule has 50 heavy (non-hydrogen) atoms. The lowest BCUT2D eigenvalue weighted by Crippen LogP contribution is -2.44. The molecule has 0 unspecified atom stereocenters. The van der Waals surface area contributed by atoms with Gasteiger partial charge in [-0.3, -0.25) is 9.72 Å². The molecule has 7 rings (SSSR count). The molecule has 4 atom stereocenters. The highest BCUT2D eigenvalue weighted by Crippen LogP contribution is 2.39. The normalized spacial score (nSPS) is 20.8. The van der Waals surface area contributed by atoms with Gasteiger partial charge in [-0.25, -0.2) is 9.48 Å². The summed E-state index contributed by atoms with van der Waals surface area (Å²) in [4.78, 5) is 16.0. The number of halogens is 1. The average Bonchev–Trinajstić information content (AvgIpc) is 3.71. The van der Waals surface area contributed by atoms with Crippen LogP contribution in [0.25, 0.3) is 11.3 Å². The number of aromatic nitrogens is 5. The van der Waals surface area contributed by atoms with Crippen molar-refractivity contribution in [2.45, 2.75) is 103 Å². The summed E-state index contributed by atoms with van der Waals surface area (Å²) in [7, 11) is 0. The van der Waals surface area contributed by atoms with E-state index < -0.39 is 0 Å². The van der Waals surface area contributed by atoms with Crippen molar-refractivity contribution in [1.29, 1.82) is 0 Å². The molecule has 0 radical (unpaired) electrons. The maximum atomic E-state index is 13.6. The maximum Gasteiger partial charge on any atom is 0.320 e. The van der Waals surface area contributed by atoms with Crippen molar-refractivity contribution in [2.75, 3.05) is 10.2 Å². The molecule has 3 N–H and O–H groups in total. The summed E-state index contributed by atoms with van der Waals surface area (Å²) in [5.41, 5.74) is 4.68. The largest absolute Gasteiger partial charge is 0.484 e. The SMILES string of the molecule is C[C@@H]1CCC[C@H](C)N1c1nnc2ccc(O[C@@H]3CC[C@H](NC(=O)Nc4cc(C(C)(C)C)nn4-c4ccc(Cl)c(CO)c4)c4ccccc43)cn12. The van der Waals surface area contributed by atoms with E-state index in [1.807, 2.05) is 47.0 Å². The van der Waals surface area contributed by atoms with Crippen LogP contribution in [0.2, 0.25) is 5.02 Å². The van der Waals surface area contributed by atoms with E-state index in [9.17, 15) is 9.90 Å². The van der Waals surface area contributed by atoms with Gasteiger partial charge in [0.1, 0.15) is 17.7 Å². The van der Waals surface area contributed by atoms with Gasteiger partial charge in [0.05, 0.1) is 30.2 Å². The Kier molecular flexibility index (Phi) is 9.21. The van der Waals surface area contributed by atoms with Crippen LogP contribution in [-0.4, -0.2) is 47.6 Å². The van der Waals surface area contributed by atoms with E-state index in [1.54, 1.807) is 16.8 Å². The Morgan fingerprint density at radius 2 is 1.74 bits per heavy atom. The van der Waals surface area contributed by atoms with E-state index in [-0.39, 0.29) is 30.2 Å². The van der Waals surface area contributed by atoms with Gasteiger partial charge in [0, 0.05) is 28.6 Å². The first kappa shape index (κ1) is 33.9. The molecular weight excluding hydrogens is 652 g/mol. The number of hydrogen-bond acceptors (Lipinski definition) is 7. The van der Waals surface area contributed by atoms with E-state index in [0.717, 1.165) is 53.4 Å². The molecule has 1 aliphatic heterocycles. The number of urea groups is 1. The highest BCUT2D eigenvalue weighted by molar-refractivity contribution is 6.31. The Morgan fingerprint density at radius 3 is 2.48 bits per heavy atom. The number of ether oxygens (including phenoxy) is 1. The molecule has 262 valence electrons. The molecule has 2 aliphatic rings. The van der Waals surface area contributed by atoms with Crippen molar-refractivity contribution in [3.63, 3.8) is 0 Å². The van der Waals surface area contributed by atoms with Crippen LogP contribution in [0.1, 0.15) is 101 Å². The zero-order valence-corrected chi connectivity index (χ0v) is 30.0. The number of hydrogen-bond donors (Lipinski definition) is 3. The van der Waals surface area contributed by atoms with Gasteiger partial charge >= 0.3 is 6.03 Å². The number of fused-ring (bicyclic) bond motifs is 2. The van der Waals surface area contributed by atoms with Crippen molar-refractivity contribution in [2.24, 2.45) is 0 Å². The van der Waals surface area contributed by atoms with Gasteiger partial charge in [-0.15, -0.1) is 10.2 Å². The van der Waals surface area contributed by atoms with Crippen LogP contribution in [0, 0.1) is 0 Å². The van der Waals surface area contributed by atoms with Gasteiger partial charge in [0.25, 0.3) is 0 Å². The van der Waals surface area contributed by atoms with Crippen molar-refractivity contribution in [3.8, 4) is 11.4 Å². The highest BCUT2D eigenvalue weighted by Gasteiger charge is 2.31. The molecule has 1 saturated heterocycles. The zero-order chi connectivity index (χ0) is 35.2. The lowest BCUT2D eigenvalue weighted by Gasteiger charge is -2.39. The summed E-state index contributed by atoms with van der Waals surface area (Å²) >= 11 is 6.27. The van der Waals surface area contributed by atoms with E-state index in [4.69, 9.17) is 21.4 Å². The molecule has 0 bridgehead atoms. The maximum absolute atomic E-state index is 13.6. The summed E-state index contributed by atoms with van der Waals surface area (Å²) in [6.07, 6.45) is 6.73. The highest BCUT2D eigenvalue weighted by atomic mass is 35.5. The number of rotatable bonds is 7. The first-order valence-electron chi connectivity index (χ1n) is 17.5. The predicted molar refractivity (Wildman–Crippen MR) is 195 cm³/mol. The molecule has 4 heterocycles. The van der Waals surface area contributed by atoms with Gasteiger partial charge in [0.15, 0.2) is 5.65 Å². The molecule has 12 heteroatoms. The van der Waals surface area contributed by atoms with Gasteiger partial charge in [-0.1, -0.05) is 56.6 Å². The first-order valence-corrected chi connectivity index (χ1v) is 17.8. The fourth-order valence-corrected chi connectivity index (χ4v) is 7.44. The molecule has 3 aromatic heterocycles. The molecule has 2 aromatic carbocycles. The van der Waals surface area contributed by atoms with Crippen LogP contribution in [0.4, 0.5) is 16.6 Å². The zero-order valence-electron chi connectivity index (χ0n) is 29.2. The standard InChI is InChI=1S/C38H45ClN8O3/c1-23-9-8-10-24(2)46(23)37-43-42-34-18-14-27(21-45(34)37)50-32-17-16-31(28-11-6-7-12-29(28)32)40-36(49)41-35-20-33(38(3,4)5)44-47(35)26-13-15-30(39)25(19-26)22-48/h6-7,11-15,18-21,23-24,31-32,48H,8-10,16-17,22H2,1-5H3,(H2,40,41,49)/t23-,24+,31-,32+/m0/s1. The Balaban J connectivity index is 1.10. The van der Waals surface area contributed by atoms with Gasteiger partial charge in [0.2, 0.25) is 5.95 Å². The van der Waals surface area contributed by atoms with Crippen molar-refractivity contribution in [1.82, 2.24) is 29.7 Å². The smallest absolute Gasteiger partial charge is 0.320 e. The van der Waals surface area contributed by atoms with E-state index >= 15 is 0 Å². The number of aliphatic hydroxyl groups is 1. The summed E-state index contributed by atoms with van der Waals surface area (Å²) < 4.78 is 10.4. The number of nitrogens with zero attached hydrogens (tertiary/aromatic N) is 6. The number of piperidine rings is 1. The van der Waals surface area contributed by atoms with E-state index in [2.05, 4.69) is 72.5 Å². The Bertz CT molecular complexity index is 2010. The number of aliphatic hydroxyl groups excluding tert-OH is 1. The fraction of sp³-hybridized carbons (Fsp3) is 0.421. The van der Waals surface area contributed by atoms with Crippen LogP contribution in [0.3, 0.4) is 0 Å². The fourth-order valence-electron chi connectivity index (χ4n) is 7.27. The number of anilines is 2. The summed E-state index contributed by atoms with van der Waals surface area (Å²) in [5, 5.41) is 30.4. The number of benzene rings is 2. The first-order chi connectivity index (χ1) is 24.0. The van der Waals surface area contributed by atoms with Crippen LogP contribution in [0.5, 0.6) is 5.75 Å². The van der Waals surface area contributed by atoms with Gasteiger partial charge in [-0.2, -0.15) is 5.10 Å². The molecule has 0 saturated carbocycles. The third-order valence-electron chi connectivity index (χ3n) is 9.96. The van der Waals surface area contributed by atoms with Gasteiger partial charge < -0.3 is 20.1 Å². The minimum Gasteiger partial charge on any atom is -0.484 e. The molecule has 1 aliphatic carbocycles. The molecule has 5 aromatic rings. The summed E-state index contributed by atoms with van der Waals surface area (Å²) in [6, 6.07) is 19.5.